The molecule has 98 valence electrons. The van der Waals surface area contributed by atoms with Crippen molar-refractivity contribution in [2.45, 2.75) is 33.1 Å². The van der Waals surface area contributed by atoms with E-state index in [2.05, 4.69) is 60.9 Å². The van der Waals surface area contributed by atoms with E-state index in [0.717, 1.165) is 12.1 Å². The molecule has 0 saturated heterocycles. The first-order valence-corrected chi connectivity index (χ1v) is 6.51. The third-order valence-corrected chi connectivity index (χ3v) is 2.73. The van der Waals surface area contributed by atoms with Crippen LogP contribution in [-0.2, 0) is 5.41 Å². The molecule has 0 aliphatic heterocycles. The summed E-state index contributed by atoms with van der Waals surface area (Å²) in [7, 11) is 0. The molecule has 1 aromatic carbocycles. The van der Waals surface area contributed by atoms with Crippen molar-refractivity contribution in [2.75, 3.05) is 6.54 Å². The molecular weight excluding hydrogens is 242 g/mol. The minimum absolute atomic E-state index is 0.181. The van der Waals surface area contributed by atoms with Crippen molar-refractivity contribution in [1.29, 1.82) is 0 Å². The molecule has 0 radical (unpaired) electrons. The maximum absolute atomic E-state index is 5.00. The second kappa shape index (κ2) is 6.50. The molecule has 0 aromatic heterocycles. The molecule has 1 rings (SSSR count). The fraction of sp³-hybridized carbons (Fsp3) is 0.429. The minimum atomic E-state index is 0.181. The monoisotopic (exact) mass is 263 g/mol. The summed E-state index contributed by atoms with van der Waals surface area (Å²) in [5.41, 5.74) is 5.31. The molecule has 0 heterocycles. The third kappa shape index (κ3) is 4.84. The highest BCUT2D eigenvalue weighted by Crippen LogP contribution is 2.21. The summed E-state index contributed by atoms with van der Waals surface area (Å²) in [5, 5.41) is 7.58. The first-order chi connectivity index (χ1) is 8.43. The van der Waals surface area contributed by atoms with Crippen molar-refractivity contribution >= 4 is 23.5 Å². The molecule has 0 saturated carbocycles. The zero-order chi connectivity index (χ0) is 13.6. The molecule has 0 unspecified atom stereocenters. The predicted octanol–water partition coefficient (Wildman–Crippen LogP) is 2.80. The van der Waals surface area contributed by atoms with Crippen LogP contribution in [0, 0.1) is 0 Å². The van der Waals surface area contributed by atoms with Crippen LogP contribution in [0.2, 0.25) is 0 Å². The molecule has 0 spiro atoms. The molecule has 0 fully saturated rings. The molecule has 0 atom stereocenters. The Morgan fingerprint density at radius 1 is 1.28 bits per heavy atom. The summed E-state index contributed by atoms with van der Waals surface area (Å²) in [6.07, 6.45) is 1.76. The molecule has 0 bridgehead atoms. The maximum Gasteiger partial charge on any atom is 0.186 e. The van der Waals surface area contributed by atoms with Crippen molar-refractivity contribution < 1.29 is 0 Å². The van der Waals surface area contributed by atoms with Crippen LogP contribution in [0.1, 0.15) is 38.8 Å². The van der Waals surface area contributed by atoms with E-state index in [1.165, 1.54) is 5.56 Å². The largest absolute Gasteiger partial charge is 0.362 e. The van der Waals surface area contributed by atoms with Gasteiger partial charge >= 0.3 is 0 Å². The van der Waals surface area contributed by atoms with E-state index in [-0.39, 0.29) is 5.41 Å². The average Bonchev–Trinajstić information content (AvgIpc) is 2.29. The van der Waals surface area contributed by atoms with Crippen LogP contribution in [0.3, 0.4) is 0 Å². The topological polar surface area (TPSA) is 36.4 Å². The van der Waals surface area contributed by atoms with Crippen LogP contribution in [0.15, 0.2) is 29.4 Å². The van der Waals surface area contributed by atoms with Gasteiger partial charge in [-0.15, -0.1) is 0 Å². The van der Waals surface area contributed by atoms with Gasteiger partial charge in [-0.3, -0.25) is 5.43 Å². The van der Waals surface area contributed by atoms with E-state index in [0.29, 0.717) is 5.11 Å². The SMILES string of the molecule is CCNC(=S)NN=Cc1ccc(C(C)(C)C)cc1. The van der Waals surface area contributed by atoms with Crippen LogP contribution in [-0.4, -0.2) is 17.9 Å². The van der Waals surface area contributed by atoms with Gasteiger partial charge in [0.2, 0.25) is 0 Å². The average molecular weight is 263 g/mol. The van der Waals surface area contributed by atoms with Crippen LogP contribution < -0.4 is 10.7 Å². The standard InChI is InChI=1S/C14H21N3S/c1-5-15-13(18)17-16-10-11-6-8-12(9-7-11)14(2,3)4/h6-10H,5H2,1-4H3,(H2,15,17,18). The highest BCUT2D eigenvalue weighted by molar-refractivity contribution is 7.80. The summed E-state index contributed by atoms with van der Waals surface area (Å²) in [4.78, 5) is 0. The van der Waals surface area contributed by atoms with Crippen LogP contribution >= 0.6 is 12.2 Å². The lowest BCUT2D eigenvalue weighted by molar-refractivity contribution is 0.590. The molecule has 0 aliphatic rings. The van der Waals surface area contributed by atoms with Gasteiger partial charge in [-0.2, -0.15) is 5.10 Å². The minimum Gasteiger partial charge on any atom is -0.362 e. The summed E-state index contributed by atoms with van der Waals surface area (Å²) in [6.45, 7) is 9.38. The lowest BCUT2D eigenvalue weighted by Crippen LogP contribution is -2.31. The molecule has 1 aromatic rings. The molecular formula is C14H21N3S. The first kappa shape index (κ1) is 14.6. The number of benzene rings is 1. The fourth-order valence-electron chi connectivity index (χ4n) is 1.43. The lowest BCUT2D eigenvalue weighted by atomic mass is 9.87. The van der Waals surface area contributed by atoms with Gasteiger partial charge < -0.3 is 5.32 Å². The third-order valence-electron chi connectivity index (χ3n) is 2.49. The Bertz CT molecular complexity index is 416. The molecule has 2 N–H and O–H groups in total. The Morgan fingerprint density at radius 3 is 2.39 bits per heavy atom. The molecule has 0 amide bonds. The Hall–Kier alpha value is -1.42. The van der Waals surface area contributed by atoms with Gasteiger partial charge in [0.15, 0.2) is 5.11 Å². The van der Waals surface area contributed by atoms with E-state index in [4.69, 9.17) is 12.2 Å². The van der Waals surface area contributed by atoms with Gasteiger partial charge in [0.1, 0.15) is 0 Å². The van der Waals surface area contributed by atoms with E-state index in [1.54, 1.807) is 6.21 Å². The van der Waals surface area contributed by atoms with Crippen molar-refractivity contribution in [3.05, 3.63) is 35.4 Å². The second-order valence-corrected chi connectivity index (χ2v) is 5.51. The summed E-state index contributed by atoms with van der Waals surface area (Å²) < 4.78 is 0. The van der Waals surface area contributed by atoms with Gasteiger partial charge in [-0.25, -0.2) is 0 Å². The number of hydrogen-bond donors (Lipinski definition) is 2. The lowest BCUT2D eigenvalue weighted by Gasteiger charge is -2.18. The number of nitrogens with one attached hydrogen (secondary N) is 2. The van der Waals surface area contributed by atoms with Crippen molar-refractivity contribution in [2.24, 2.45) is 5.10 Å². The van der Waals surface area contributed by atoms with Gasteiger partial charge in [0, 0.05) is 6.54 Å². The fourth-order valence-corrected chi connectivity index (χ4v) is 1.63. The number of hydrogen-bond acceptors (Lipinski definition) is 2. The van der Waals surface area contributed by atoms with Crippen LogP contribution in [0.4, 0.5) is 0 Å². The molecule has 4 heteroatoms. The zero-order valence-electron chi connectivity index (χ0n) is 11.4. The van der Waals surface area contributed by atoms with Gasteiger partial charge in [0.25, 0.3) is 0 Å². The van der Waals surface area contributed by atoms with Gasteiger partial charge in [-0.05, 0) is 35.7 Å². The Kier molecular flexibility index (Phi) is 5.28. The normalized spacial score (nSPS) is 11.6. The van der Waals surface area contributed by atoms with Gasteiger partial charge in [-0.1, -0.05) is 45.0 Å². The summed E-state index contributed by atoms with van der Waals surface area (Å²) in [6, 6.07) is 8.37. The predicted molar refractivity (Wildman–Crippen MR) is 82.1 cm³/mol. The quantitative estimate of drug-likeness (QED) is 0.500. The van der Waals surface area contributed by atoms with Gasteiger partial charge in [0.05, 0.1) is 6.21 Å². The molecule has 18 heavy (non-hydrogen) atoms. The van der Waals surface area contributed by atoms with Crippen LogP contribution in [0.5, 0.6) is 0 Å². The molecule has 0 aliphatic carbocycles. The van der Waals surface area contributed by atoms with E-state index in [9.17, 15) is 0 Å². The van der Waals surface area contributed by atoms with Crippen LogP contribution in [0.25, 0.3) is 0 Å². The Morgan fingerprint density at radius 2 is 1.89 bits per heavy atom. The second-order valence-electron chi connectivity index (χ2n) is 5.10. The Labute approximate surface area is 115 Å². The first-order valence-electron chi connectivity index (χ1n) is 6.11. The van der Waals surface area contributed by atoms with E-state index in [1.807, 2.05) is 6.92 Å². The van der Waals surface area contributed by atoms with E-state index < -0.39 is 0 Å². The zero-order valence-corrected chi connectivity index (χ0v) is 12.3. The molecule has 3 nitrogen and oxygen atoms in total. The smallest absolute Gasteiger partial charge is 0.186 e. The van der Waals surface area contributed by atoms with E-state index >= 15 is 0 Å². The van der Waals surface area contributed by atoms with Crippen molar-refractivity contribution in [3.8, 4) is 0 Å². The number of rotatable bonds is 3. The highest BCUT2D eigenvalue weighted by atomic mass is 32.1. The maximum atomic E-state index is 5.00. The van der Waals surface area contributed by atoms with Crippen molar-refractivity contribution in [1.82, 2.24) is 10.7 Å². The highest BCUT2D eigenvalue weighted by Gasteiger charge is 2.12. The summed E-state index contributed by atoms with van der Waals surface area (Å²) >= 11 is 5.00. The number of hydrazone groups is 1. The number of thiocarbonyl (C=S) groups is 1. The number of nitrogens with zero attached hydrogens (tertiary/aromatic N) is 1. The Balaban J connectivity index is 2.59. The summed E-state index contributed by atoms with van der Waals surface area (Å²) in [5.74, 6) is 0. The van der Waals surface area contributed by atoms with Crippen molar-refractivity contribution in [3.63, 3.8) is 0 Å².